The summed E-state index contributed by atoms with van der Waals surface area (Å²) in [4.78, 5) is 7.68. The highest BCUT2D eigenvalue weighted by molar-refractivity contribution is 5.56. The molecule has 2 heterocycles. The average Bonchev–Trinajstić information content (AvgIpc) is 3.09. The molecule has 4 nitrogen and oxygen atoms in total. The number of nitrogens with one attached hydrogen (secondary N) is 2. The lowest BCUT2D eigenvalue weighted by atomic mass is 10.2. The molecule has 0 spiro atoms. The van der Waals surface area contributed by atoms with Crippen LogP contribution in [0.3, 0.4) is 0 Å². The van der Waals surface area contributed by atoms with E-state index in [-0.39, 0.29) is 0 Å². The van der Waals surface area contributed by atoms with Crippen molar-refractivity contribution in [2.45, 2.75) is 38.3 Å². The number of hydrogen-bond acceptors (Lipinski definition) is 3. The highest BCUT2D eigenvalue weighted by Gasteiger charge is 2.14. The van der Waals surface area contributed by atoms with E-state index >= 15 is 0 Å². The van der Waals surface area contributed by atoms with Crippen LogP contribution in [0.1, 0.15) is 31.5 Å². The summed E-state index contributed by atoms with van der Waals surface area (Å²) in [5.41, 5.74) is 2.06. The van der Waals surface area contributed by atoms with Gasteiger partial charge < -0.3 is 14.7 Å². The van der Waals surface area contributed by atoms with E-state index in [1.807, 2.05) is 12.3 Å². The number of imidazole rings is 1. The second-order valence-electron chi connectivity index (χ2n) is 4.62. The van der Waals surface area contributed by atoms with Gasteiger partial charge in [0.15, 0.2) is 0 Å². The molecule has 0 aliphatic heterocycles. The van der Waals surface area contributed by atoms with Crippen molar-refractivity contribution in [3.63, 3.8) is 0 Å². The third-order valence-corrected chi connectivity index (χ3v) is 3.37. The molecule has 3 rings (SSSR count). The number of furan rings is 1. The molecule has 17 heavy (non-hydrogen) atoms. The number of rotatable bonds is 4. The summed E-state index contributed by atoms with van der Waals surface area (Å²) in [6, 6.07) is 2.61. The smallest absolute Gasteiger partial charge is 0.120 e. The van der Waals surface area contributed by atoms with Gasteiger partial charge in [-0.3, -0.25) is 0 Å². The summed E-state index contributed by atoms with van der Waals surface area (Å²) in [7, 11) is 0. The van der Waals surface area contributed by atoms with Gasteiger partial charge in [0.1, 0.15) is 5.82 Å². The first-order valence-corrected chi connectivity index (χ1v) is 6.21. The van der Waals surface area contributed by atoms with Crippen molar-refractivity contribution in [3.05, 3.63) is 30.6 Å². The SMILES string of the molecule is c1cc(-c2cnc(CNC3CCCC3)[nH]2)co1. The Morgan fingerprint density at radius 1 is 1.41 bits per heavy atom. The summed E-state index contributed by atoms with van der Waals surface area (Å²) in [5.74, 6) is 0.994. The molecule has 2 N–H and O–H groups in total. The molecule has 2 aromatic heterocycles. The van der Waals surface area contributed by atoms with Crippen molar-refractivity contribution in [2.24, 2.45) is 0 Å². The molecule has 0 radical (unpaired) electrons. The molecule has 1 aliphatic rings. The second kappa shape index (κ2) is 4.75. The van der Waals surface area contributed by atoms with Gasteiger partial charge in [-0.25, -0.2) is 4.98 Å². The van der Waals surface area contributed by atoms with Crippen LogP contribution in [0.4, 0.5) is 0 Å². The molecule has 2 aromatic rings. The zero-order chi connectivity index (χ0) is 11.5. The highest BCUT2D eigenvalue weighted by Crippen LogP contribution is 2.19. The second-order valence-corrected chi connectivity index (χ2v) is 4.62. The maximum absolute atomic E-state index is 5.06. The van der Waals surface area contributed by atoms with Crippen LogP contribution in [-0.2, 0) is 6.54 Å². The molecule has 1 fully saturated rings. The van der Waals surface area contributed by atoms with Crippen LogP contribution in [0, 0.1) is 0 Å². The fourth-order valence-corrected chi connectivity index (χ4v) is 2.39. The predicted molar refractivity (Wildman–Crippen MR) is 65.4 cm³/mol. The molecule has 1 aliphatic carbocycles. The maximum Gasteiger partial charge on any atom is 0.120 e. The van der Waals surface area contributed by atoms with Gasteiger partial charge in [0.2, 0.25) is 0 Å². The Morgan fingerprint density at radius 3 is 3.06 bits per heavy atom. The summed E-state index contributed by atoms with van der Waals surface area (Å²) < 4.78 is 5.06. The van der Waals surface area contributed by atoms with Crippen LogP contribution in [0.25, 0.3) is 11.3 Å². The topological polar surface area (TPSA) is 53.9 Å². The molecule has 0 unspecified atom stereocenters. The Balaban J connectivity index is 1.60. The van der Waals surface area contributed by atoms with E-state index in [0.29, 0.717) is 6.04 Å². The van der Waals surface area contributed by atoms with Crippen molar-refractivity contribution < 1.29 is 4.42 Å². The molecule has 90 valence electrons. The van der Waals surface area contributed by atoms with Crippen molar-refractivity contribution in [1.82, 2.24) is 15.3 Å². The number of nitrogens with zero attached hydrogens (tertiary/aromatic N) is 1. The number of aromatic nitrogens is 2. The van der Waals surface area contributed by atoms with Gasteiger partial charge >= 0.3 is 0 Å². The summed E-state index contributed by atoms with van der Waals surface area (Å²) in [6.07, 6.45) is 10.6. The van der Waals surface area contributed by atoms with Crippen LogP contribution in [-0.4, -0.2) is 16.0 Å². The molecule has 0 bridgehead atoms. The Hall–Kier alpha value is -1.55. The van der Waals surface area contributed by atoms with Gasteiger partial charge in [0.25, 0.3) is 0 Å². The fourth-order valence-electron chi connectivity index (χ4n) is 2.39. The minimum Gasteiger partial charge on any atom is -0.472 e. The quantitative estimate of drug-likeness (QED) is 0.850. The molecular formula is C13H17N3O. The molecule has 0 atom stereocenters. The first-order chi connectivity index (χ1) is 8.42. The standard InChI is InChI=1S/C13H17N3O/c1-2-4-11(3-1)14-8-13-15-7-12(16-13)10-5-6-17-9-10/h5-7,9,11,14H,1-4,8H2,(H,15,16). The fraction of sp³-hybridized carbons (Fsp3) is 0.462. The molecule has 1 saturated carbocycles. The maximum atomic E-state index is 5.06. The Labute approximate surface area is 100 Å². The number of aromatic amines is 1. The largest absolute Gasteiger partial charge is 0.472 e. The lowest BCUT2D eigenvalue weighted by Crippen LogP contribution is -2.25. The normalized spacial score (nSPS) is 16.7. The third-order valence-electron chi connectivity index (χ3n) is 3.37. The van der Waals surface area contributed by atoms with Crippen LogP contribution < -0.4 is 5.32 Å². The van der Waals surface area contributed by atoms with E-state index in [4.69, 9.17) is 4.42 Å². The zero-order valence-corrected chi connectivity index (χ0v) is 9.78. The number of H-pyrrole nitrogens is 1. The van der Waals surface area contributed by atoms with E-state index in [1.165, 1.54) is 25.7 Å². The Kier molecular flexibility index (Phi) is 2.96. The van der Waals surface area contributed by atoms with Gasteiger partial charge in [-0.2, -0.15) is 0 Å². The number of hydrogen-bond donors (Lipinski definition) is 2. The van der Waals surface area contributed by atoms with Crippen molar-refractivity contribution in [3.8, 4) is 11.3 Å². The Bertz CT molecular complexity index is 455. The first-order valence-electron chi connectivity index (χ1n) is 6.21. The molecular weight excluding hydrogens is 214 g/mol. The van der Waals surface area contributed by atoms with Crippen LogP contribution >= 0.6 is 0 Å². The van der Waals surface area contributed by atoms with Crippen molar-refractivity contribution in [2.75, 3.05) is 0 Å². The van der Waals surface area contributed by atoms with E-state index < -0.39 is 0 Å². The zero-order valence-electron chi connectivity index (χ0n) is 9.78. The minimum absolute atomic E-state index is 0.678. The average molecular weight is 231 g/mol. The molecule has 0 aromatic carbocycles. The highest BCUT2D eigenvalue weighted by atomic mass is 16.3. The van der Waals surface area contributed by atoms with E-state index in [0.717, 1.165) is 23.6 Å². The van der Waals surface area contributed by atoms with Crippen LogP contribution in [0.2, 0.25) is 0 Å². The van der Waals surface area contributed by atoms with Crippen molar-refractivity contribution in [1.29, 1.82) is 0 Å². The predicted octanol–water partition coefficient (Wildman–Crippen LogP) is 2.70. The van der Waals surface area contributed by atoms with Gasteiger partial charge in [0.05, 0.1) is 31.0 Å². The van der Waals surface area contributed by atoms with Gasteiger partial charge in [-0.05, 0) is 18.9 Å². The van der Waals surface area contributed by atoms with Crippen molar-refractivity contribution >= 4 is 0 Å². The molecule has 4 heteroatoms. The molecule has 0 saturated heterocycles. The van der Waals surface area contributed by atoms with Gasteiger partial charge in [0, 0.05) is 11.6 Å². The summed E-state index contributed by atoms with van der Waals surface area (Å²) >= 11 is 0. The summed E-state index contributed by atoms with van der Waals surface area (Å²) in [6.45, 7) is 0.822. The van der Waals surface area contributed by atoms with E-state index in [1.54, 1.807) is 12.5 Å². The minimum atomic E-state index is 0.678. The Morgan fingerprint density at radius 2 is 2.29 bits per heavy atom. The molecule has 0 amide bonds. The monoisotopic (exact) mass is 231 g/mol. The summed E-state index contributed by atoms with van der Waals surface area (Å²) in [5, 5.41) is 3.54. The van der Waals surface area contributed by atoms with Gasteiger partial charge in [-0.1, -0.05) is 12.8 Å². The van der Waals surface area contributed by atoms with Gasteiger partial charge in [-0.15, -0.1) is 0 Å². The lowest BCUT2D eigenvalue weighted by Gasteiger charge is -2.09. The van der Waals surface area contributed by atoms with E-state index in [9.17, 15) is 0 Å². The van der Waals surface area contributed by atoms with E-state index in [2.05, 4.69) is 15.3 Å². The van der Waals surface area contributed by atoms with Crippen LogP contribution in [0.5, 0.6) is 0 Å². The first kappa shape index (κ1) is 10.6. The lowest BCUT2D eigenvalue weighted by molar-refractivity contribution is 0.515. The third kappa shape index (κ3) is 2.42. The van der Waals surface area contributed by atoms with Crippen LogP contribution in [0.15, 0.2) is 29.2 Å².